The maximum Gasteiger partial charge on any atom is 0.255 e. The molecule has 3 rings (SSSR count). The summed E-state index contributed by atoms with van der Waals surface area (Å²) < 4.78 is 24.7. The van der Waals surface area contributed by atoms with Crippen molar-refractivity contribution in [1.29, 1.82) is 0 Å². The highest BCUT2D eigenvalue weighted by Gasteiger charge is 2.22. The van der Waals surface area contributed by atoms with Gasteiger partial charge in [-0.15, -0.1) is 0 Å². The molecule has 2 aromatic carbocycles. The van der Waals surface area contributed by atoms with Crippen LogP contribution < -0.4 is 10.1 Å². The first-order chi connectivity index (χ1) is 11.5. The second kappa shape index (κ2) is 6.35. The molecule has 0 spiro atoms. The molecule has 0 saturated carbocycles. The zero-order chi connectivity index (χ0) is 17.3. The number of rotatable bonds is 4. The molecule has 24 heavy (non-hydrogen) atoms. The number of carbonyl (C=O) groups excluding carboxylic acids is 1. The number of halogens is 1. The van der Waals surface area contributed by atoms with E-state index in [1.807, 2.05) is 19.9 Å². The number of amides is 1. The minimum atomic E-state index is -0.342. The van der Waals surface area contributed by atoms with Gasteiger partial charge in [0.2, 0.25) is 0 Å². The van der Waals surface area contributed by atoms with Crippen LogP contribution in [-0.2, 0) is 0 Å². The smallest absolute Gasteiger partial charge is 0.255 e. The molecule has 0 unspecified atom stereocenters. The number of benzene rings is 2. The van der Waals surface area contributed by atoms with Crippen molar-refractivity contribution in [3.8, 4) is 17.1 Å². The van der Waals surface area contributed by atoms with Crippen molar-refractivity contribution < 1.29 is 18.3 Å². The number of carbonyl (C=O) groups is 1. The molecule has 1 heterocycles. The summed E-state index contributed by atoms with van der Waals surface area (Å²) in [4.78, 5) is 12.4. The summed E-state index contributed by atoms with van der Waals surface area (Å²) in [5.74, 6) is 0.535. The van der Waals surface area contributed by atoms with Crippen LogP contribution in [0, 0.1) is 12.7 Å². The minimum absolute atomic E-state index is 0.253. The quantitative estimate of drug-likeness (QED) is 0.777. The fraction of sp³-hybridized carbons (Fsp3) is 0.211. The molecule has 1 aromatic heterocycles. The number of furan rings is 1. The molecule has 4 nitrogen and oxygen atoms in total. The van der Waals surface area contributed by atoms with Crippen molar-refractivity contribution in [1.82, 2.24) is 5.32 Å². The topological polar surface area (TPSA) is 51.5 Å². The number of nitrogens with one attached hydrogen (secondary N) is 1. The SMILES string of the molecule is CCOc1cc2oc(-c3ccc(F)cc3)c(C(=O)NC)c2cc1C. The van der Waals surface area contributed by atoms with Gasteiger partial charge >= 0.3 is 0 Å². The fourth-order valence-electron chi connectivity index (χ4n) is 2.70. The van der Waals surface area contributed by atoms with Gasteiger partial charge in [0.05, 0.1) is 12.2 Å². The van der Waals surface area contributed by atoms with E-state index in [-0.39, 0.29) is 11.7 Å². The summed E-state index contributed by atoms with van der Waals surface area (Å²) in [6.07, 6.45) is 0. The first kappa shape index (κ1) is 16.1. The Kier molecular flexibility index (Phi) is 4.25. The Hall–Kier alpha value is -2.82. The standard InChI is InChI=1S/C19H18FNO3/c1-4-23-15-10-16-14(9-11(15)2)17(19(22)21-3)18(24-16)12-5-7-13(20)8-6-12/h5-10H,4H2,1-3H3,(H,21,22). The first-order valence-electron chi connectivity index (χ1n) is 7.73. The van der Waals surface area contributed by atoms with Crippen LogP contribution in [0.15, 0.2) is 40.8 Å². The molecule has 0 aliphatic heterocycles. The van der Waals surface area contributed by atoms with Crippen LogP contribution >= 0.6 is 0 Å². The highest BCUT2D eigenvalue weighted by Crippen LogP contribution is 2.37. The summed E-state index contributed by atoms with van der Waals surface area (Å²) in [7, 11) is 1.57. The lowest BCUT2D eigenvalue weighted by molar-refractivity contribution is 0.0964. The van der Waals surface area contributed by atoms with E-state index in [0.29, 0.717) is 40.2 Å². The van der Waals surface area contributed by atoms with Gasteiger partial charge in [-0.1, -0.05) is 0 Å². The van der Waals surface area contributed by atoms with Crippen LogP contribution in [0.25, 0.3) is 22.3 Å². The lowest BCUT2D eigenvalue weighted by Gasteiger charge is -2.06. The Labute approximate surface area is 139 Å². The van der Waals surface area contributed by atoms with Crippen LogP contribution in [-0.4, -0.2) is 19.6 Å². The number of hydrogen-bond donors (Lipinski definition) is 1. The Morgan fingerprint density at radius 1 is 1.25 bits per heavy atom. The van der Waals surface area contributed by atoms with E-state index < -0.39 is 0 Å². The van der Waals surface area contributed by atoms with Gasteiger partial charge in [-0.2, -0.15) is 0 Å². The second-order valence-electron chi connectivity index (χ2n) is 5.44. The van der Waals surface area contributed by atoms with Crippen molar-refractivity contribution in [3.63, 3.8) is 0 Å². The van der Waals surface area contributed by atoms with Crippen molar-refractivity contribution in [2.45, 2.75) is 13.8 Å². The van der Waals surface area contributed by atoms with Gasteiger partial charge in [-0.3, -0.25) is 4.79 Å². The van der Waals surface area contributed by atoms with Gasteiger partial charge in [0.25, 0.3) is 5.91 Å². The molecule has 0 aliphatic carbocycles. The number of aryl methyl sites for hydroxylation is 1. The second-order valence-corrected chi connectivity index (χ2v) is 5.44. The number of ether oxygens (including phenoxy) is 1. The molecule has 0 radical (unpaired) electrons. The Morgan fingerprint density at radius 3 is 2.58 bits per heavy atom. The highest BCUT2D eigenvalue weighted by molar-refractivity contribution is 6.11. The summed E-state index contributed by atoms with van der Waals surface area (Å²) in [6, 6.07) is 9.53. The average Bonchev–Trinajstić information content (AvgIpc) is 2.93. The first-order valence-corrected chi connectivity index (χ1v) is 7.73. The third kappa shape index (κ3) is 2.73. The molecular formula is C19H18FNO3. The van der Waals surface area contributed by atoms with Crippen LogP contribution in [0.3, 0.4) is 0 Å². The predicted molar refractivity (Wildman–Crippen MR) is 90.9 cm³/mol. The molecule has 1 N–H and O–H groups in total. The Morgan fingerprint density at radius 2 is 1.96 bits per heavy atom. The molecule has 0 aliphatic rings. The molecule has 0 atom stereocenters. The highest BCUT2D eigenvalue weighted by atomic mass is 19.1. The Balaban J connectivity index is 2.27. The maximum absolute atomic E-state index is 13.2. The minimum Gasteiger partial charge on any atom is -0.493 e. The molecule has 1 amide bonds. The van der Waals surface area contributed by atoms with Gasteiger partial charge in [-0.25, -0.2) is 4.39 Å². The molecule has 0 fully saturated rings. The normalized spacial score (nSPS) is 10.8. The van der Waals surface area contributed by atoms with Crippen LogP contribution in [0.5, 0.6) is 5.75 Å². The summed E-state index contributed by atoms with van der Waals surface area (Å²) >= 11 is 0. The van der Waals surface area contributed by atoms with Gasteiger partial charge in [0.1, 0.15) is 22.9 Å². The van der Waals surface area contributed by atoms with E-state index in [2.05, 4.69) is 5.32 Å². The van der Waals surface area contributed by atoms with Crippen molar-refractivity contribution >= 4 is 16.9 Å². The van der Waals surface area contributed by atoms with Gasteiger partial charge < -0.3 is 14.5 Å². The van der Waals surface area contributed by atoms with Crippen LogP contribution in [0.4, 0.5) is 4.39 Å². The molecule has 0 saturated heterocycles. The van der Waals surface area contributed by atoms with Crippen molar-refractivity contribution in [3.05, 3.63) is 53.3 Å². The number of hydrogen-bond acceptors (Lipinski definition) is 3. The van der Waals surface area contributed by atoms with Crippen LogP contribution in [0.1, 0.15) is 22.8 Å². The lowest BCUT2D eigenvalue weighted by atomic mass is 10.0. The fourth-order valence-corrected chi connectivity index (χ4v) is 2.70. The number of fused-ring (bicyclic) bond motifs is 1. The molecule has 0 bridgehead atoms. The zero-order valence-corrected chi connectivity index (χ0v) is 13.8. The van der Waals surface area contributed by atoms with E-state index >= 15 is 0 Å². The van der Waals surface area contributed by atoms with Gasteiger partial charge in [-0.05, 0) is 49.7 Å². The summed E-state index contributed by atoms with van der Waals surface area (Å²) in [5.41, 5.74) is 2.55. The monoisotopic (exact) mass is 327 g/mol. The van der Waals surface area contributed by atoms with Crippen LogP contribution in [0.2, 0.25) is 0 Å². The summed E-state index contributed by atoms with van der Waals surface area (Å²) in [5, 5.41) is 3.34. The van der Waals surface area contributed by atoms with E-state index in [1.54, 1.807) is 25.2 Å². The molecule has 124 valence electrons. The van der Waals surface area contributed by atoms with Gasteiger partial charge in [0.15, 0.2) is 0 Å². The average molecular weight is 327 g/mol. The third-order valence-corrected chi connectivity index (χ3v) is 3.85. The Bertz CT molecular complexity index is 897. The molecule has 5 heteroatoms. The molecule has 3 aromatic rings. The third-order valence-electron chi connectivity index (χ3n) is 3.85. The van der Waals surface area contributed by atoms with E-state index in [4.69, 9.17) is 9.15 Å². The van der Waals surface area contributed by atoms with Crippen molar-refractivity contribution in [2.75, 3.05) is 13.7 Å². The summed E-state index contributed by atoms with van der Waals surface area (Å²) in [6.45, 7) is 4.37. The maximum atomic E-state index is 13.2. The largest absolute Gasteiger partial charge is 0.493 e. The van der Waals surface area contributed by atoms with E-state index in [1.165, 1.54) is 12.1 Å². The van der Waals surface area contributed by atoms with Gasteiger partial charge in [0, 0.05) is 24.1 Å². The predicted octanol–water partition coefficient (Wildman–Crippen LogP) is 4.31. The van der Waals surface area contributed by atoms with E-state index in [9.17, 15) is 9.18 Å². The zero-order valence-electron chi connectivity index (χ0n) is 13.8. The molecular weight excluding hydrogens is 309 g/mol. The lowest BCUT2D eigenvalue weighted by Crippen LogP contribution is -2.18. The van der Waals surface area contributed by atoms with Crippen molar-refractivity contribution in [2.24, 2.45) is 0 Å². The van der Waals surface area contributed by atoms with E-state index in [0.717, 1.165) is 5.56 Å².